The summed E-state index contributed by atoms with van der Waals surface area (Å²) in [7, 11) is -1.77. The molecule has 0 spiro atoms. The number of anilines is 1. The van der Waals surface area contributed by atoms with Crippen LogP contribution in [0.25, 0.3) is 0 Å². The molecule has 4 amide bonds. The maximum absolute atomic E-state index is 13.3. The first-order chi connectivity index (χ1) is 17.3. The molecule has 0 fully saturated rings. The van der Waals surface area contributed by atoms with Gasteiger partial charge in [-0.2, -0.15) is 4.31 Å². The number of fused-ring (bicyclic) bond motifs is 1. The minimum atomic E-state index is -3.73. The number of primary amides is 1. The molecule has 12 heteroatoms. The van der Waals surface area contributed by atoms with Crippen molar-refractivity contribution in [2.45, 2.75) is 45.6 Å². The summed E-state index contributed by atoms with van der Waals surface area (Å²) in [5.41, 5.74) is 6.41. The summed E-state index contributed by atoms with van der Waals surface area (Å²) >= 11 is 1.28. The summed E-state index contributed by atoms with van der Waals surface area (Å²) in [6.07, 6.45) is 0.593. The Bertz CT molecular complexity index is 1260. The summed E-state index contributed by atoms with van der Waals surface area (Å²) in [5.74, 6) is -0.834. The zero-order valence-corrected chi connectivity index (χ0v) is 23.5. The van der Waals surface area contributed by atoms with Gasteiger partial charge in [-0.05, 0) is 55.1 Å². The smallest absolute Gasteiger partial charge is 0.319 e. The van der Waals surface area contributed by atoms with Gasteiger partial charge in [0.1, 0.15) is 5.00 Å². The number of carbonyl (C=O) groups excluding carboxylic acids is 3. The third-order valence-corrected chi connectivity index (χ3v) is 8.81. The van der Waals surface area contributed by atoms with Crippen LogP contribution in [0.4, 0.5) is 9.80 Å². The summed E-state index contributed by atoms with van der Waals surface area (Å²) < 4.78 is 28.0. The van der Waals surface area contributed by atoms with Gasteiger partial charge >= 0.3 is 6.03 Å². The van der Waals surface area contributed by atoms with Gasteiger partial charge in [0.15, 0.2) is 0 Å². The van der Waals surface area contributed by atoms with Gasteiger partial charge in [0.25, 0.3) is 11.8 Å². The number of thiophene rings is 1. The van der Waals surface area contributed by atoms with Crippen molar-refractivity contribution in [1.82, 2.24) is 14.5 Å². The van der Waals surface area contributed by atoms with Gasteiger partial charge in [0, 0.05) is 36.6 Å². The highest BCUT2D eigenvalue weighted by molar-refractivity contribution is 7.89. The number of imide groups is 1. The Labute approximate surface area is 222 Å². The molecule has 0 radical (unpaired) electrons. The van der Waals surface area contributed by atoms with Crippen LogP contribution in [0.5, 0.6) is 0 Å². The lowest BCUT2D eigenvalue weighted by molar-refractivity contribution is 0.0966. The first-order valence-electron chi connectivity index (χ1n) is 12.1. The fraction of sp³-hybridized carbons (Fsp3) is 0.480. The summed E-state index contributed by atoms with van der Waals surface area (Å²) in [5, 5.41) is 5.19. The number of nitrogens with one attached hydrogen (secondary N) is 2. The van der Waals surface area contributed by atoms with E-state index in [0.717, 1.165) is 17.0 Å². The van der Waals surface area contributed by atoms with Crippen molar-refractivity contribution >= 4 is 44.2 Å². The van der Waals surface area contributed by atoms with Gasteiger partial charge < -0.3 is 16.0 Å². The van der Waals surface area contributed by atoms with Crippen molar-refractivity contribution in [2.75, 3.05) is 32.0 Å². The Hall–Kier alpha value is -2.80. The second kappa shape index (κ2) is 11.7. The van der Waals surface area contributed by atoms with Crippen molar-refractivity contribution in [2.24, 2.45) is 17.6 Å². The van der Waals surface area contributed by atoms with Crippen molar-refractivity contribution in [3.8, 4) is 0 Å². The Kier molecular flexibility index (Phi) is 9.11. The van der Waals surface area contributed by atoms with Crippen LogP contribution in [0.3, 0.4) is 0 Å². The largest absolute Gasteiger partial charge is 0.351 e. The lowest BCUT2D eigenvalue weighted by Crippen LogP contribution is -2.37. The number of rotatable bonds is 9. The number of hydrogen-bond acceptors (Lipinski definition) is 7. The molecule has 0 saturated heterocycles. The van der Waals surface area contributed by atoms with E-state index in [4.69, 9.17) is 5.73 Å². The predicted molar refractivity (Wildman–Crippen MR) is 144 cm³/mol. The molecule has 1 aromatic carbocycles. The van der Waals surface area contributed by atoms with E-state index < -0.39 is 27.9 Å². The Morgan fingerprint density at radius 1 is 1.05 bits per heavy atom. The fourth-order valence-corrected chi connectivity index (χ4v) is 7.31. The van der Waals surface area contributed by atoms with Crippen molar-refractivity contribution in [3.05, 3.63) is 45.8 Å². The van der Waals surface area contributed by atoms with E-state index in [0.29, 0.717) is 31.1 Å². The average Bonchev–Trinajstić information content (AvgIpc) is 3.14. The molecule has 0 aliphatic carbocycles. The lowest BCUT2D eigenvalue weighted by Gasteiger charge is -2.25. The molecular formula is C25H35N5O5S2. The molecular weight excluding hydrogens is 514 g/mol. The molecule has 0 atom stereocenters. The molecule has 37 heavy (non-hydrogen) atoms. The van der Waals surface area contributed by atoms with Gasteiger partial charge in [0.2, 0.25) is 10.0 Å². The van der Waals surface area contributed by atoms with Gasteiger partial charge in [-0.15, -0.1) is 11.3 Å². The van der Waals surface area contributed by atoms with Crippen molar-refractivity contribution < 1.29 is 22.8 Å². The highest BCUT2D eigenvalue weighted by Gasteiger charge is 2.29. The zero-order chi connectivity index (χ0) is 27.5. The topological polar surface area (TPSA) is 142 Å². The SMILES string of the molecule is CC(C)CN(CC(C)C)S(=O)(=O)c1ccc(C(=O)Nc2sc3c(c2C(=O)NC(N)=O)CCN(C)C3)cc1. The number of likely N-dealkylation sites (N-methyl/N-ethyl adjacent to an activating group) is 1. The number of nitrogens with two attached hydrogens (primary N) is 1. The summed E-state index contributed by atoms with van der Waals surface area (Å²) in [4.78, 5) is 40.3. The number of carbonyl (C=O) groups is 3. The maximum Gasteiger partial charge on any atom is 0.319 e. The van der Waals surface area contributed by atoms with Crippen LogP contribution in [0, 0.1) is 11.8 Å². The molecule has 0 bridgehead atoms. The number of urea groups is 1. The van der Waals surface area contributed by atoms with E-state index in [1.54, 1.807) is 0 Å². The third-order valence-electron chi connectivity index (χ3n) is 5.83. The van der Waals surface area contributed by atoms with Gasteiger partial charge in [-0.3, -0.25) is 14.9 Å². The number of nitrogens with zero attached hydrogens (tertiary/aromatic N) is 2. The molecule has 1 aromatic heterocycles. The second-order valence-corrected chi connectivity index (χ2v) is 13.1. The Morgan fingerprint density at radius 3 is 2.19 bits per heavy atom. The van der Waals surface area contributed by atoms with Gasteiger partial charge in [-0.1, -0.05) is 27.7 Å². The number of benzene rings is 1. The predicted octanol–water partition coefficient (Wildman–Crippen LogP) is 3.10. The number of amides is 4. The molecule has 2 aromatic rings. The molecule has 202 valence electrons. The standard InChI is InChI=1S/C25H35N5O5S2/c1-15(2)12-30(13-16(3)4)37(34,35)18-8-6-17(7-9-18)22(31)27-24-21(23(32)28-25(26)33)19-10-11-29(5)14-20(19)36-24/h6-9,15-16H,10-14H2,1-5H3,(H,27,31)(H3,26,28,32,33). The minimum absolute atomic E-state index is 0.112. The molecule has 10 nitrogen and oxygen atoms in total. The van der Waals surface area contributed by atoms with Crippen molar-refractivity contribution in [3.63, 3.8) is 0 Å². The zero-order valence-electron chi connectivity index (χ0n) is 21.8. The lowest BCUT2D eigenvalue weighted by atomic mass is 10.0. The molecule has 1 aliphatic heterocycles. The monoisotopic (exact) mass is 549 g/mol. The van der Waals surface area contributed by atoms with E-state index in [1.165, 1.54) is 39.9 Å². The number of sulfonamides is 1. The van der Waals surface area contributed by atoms with Gasteiger partial charge in [0.05, 0.1) is 10.5 Å². The molecule has 4 N–H and O–H groups in total. The van der Waals surface area contributed by atoms with Crippen LogP contribution < -0.4 is 16.4 Å². The number of hydrogen-bond donors (Lipinski definition) is 3. The van der Waals surface area contributed by atoms with Crippen LogP contribution in [0.15, 0.2) is 29.2 Å². The van der Waals surface area contributed by atoms with Gasteiger partial charge in [-0.25, -0.2) is 13.2 Å². The van der Waals surface area contributed by atoms with Crippen LogP contribution in [-0.4, -0.2) is 62.2 Å². The Morgan fingerprint density at radius 2 is 1.65 bits per heavy atom. The summed E-state index contributed by atoms with van der Waals surface area (Å²) in [6.45, 7) is 10.0. The van der Waals surface area contributed by atoms with E-state index in [2.05, 4.69) is 15.5 Å². The van der Waals surface area contributed by atoms with E-state index in [1.807, 2.05) is 34.7 Å². The molecule has 0 unspecified atom stereocenters. The van der Waals surface area contributed by atoms with Crippen LogP contribution in [0.1, 0.15) is 58.9 Å². The van der Waals surface area contributed by atoms with E-state index >= 15 is 0 Å². The first-order valence-corrected chi connectivity index (χ1v) is 14.4. The maximum atomic E-state index is 13.3. The van der Waals surface area contributed by atoms with Crippen LogP contribution in [-0.2, 0) is 23.0 Å². The van der Waals surface area contributed by atoms with Crippen LogP contribution >= 0.6 is 11.3 Å². The van der Waals surface area contributed by atoms with E-state index in [9.17, 15) is 22.8 Å². The molecule has 3 rings (SSSR count). The normalized spacial score (nSPS) is 14.2. The summed E-state index contributed by atoms with van der Waals surface area (Å²) in [6, 6.07) is 4.78. The quantitative estimate of drug-likeness (QED) is 0.439. The Balaban J connectivity index is 1.86. The fourth-order valence-electron chi connectivity index (χ4n) is 4.22. The highest BCUT2D eigenvalue weighted by Crippen LogP contribution is 2.37. The minimum Gasteiger partial charge on any atom is -0.351 e. The third kappa shape index (κ3) is 6.95. The molecule has 2 heterocycles. The van der Waals surface area contributed by atoms with Crippen molar-refractivity contribution in [1.29, 1.82) is 0 Å². The van der Waals surface area contributed by atoms with E-state index in [-0.39, 0.29) is 27.9 Å². The molecule has 1 aliphatic rings. The second-order valence-electron chi connectivity index (χ2n) is 10.1. The molecule has 0 saturated carbocycles. The van der Waals surface area contributed by atoms with Crippen LogP contribution in [0.2, 0.25) is 0 Å². The first kappa shape index (κ1) is 28.8. The average molecular weight is 550 g/mol. The highest BCUT2D eigenvalue weighted by atomic mass is 32.2.